The van der Waals surface area contributed by atoms with Gasteiger partial charge in [-0.1, -0.05) is 30.4 Å². The summed E-state index contributed by atoms with van der Waals surface area (Å²) >= 11 is 1.31. The molecule has 102 valence electrons. The second kappa shape index (κ2) is 4.64. The van der Waals surface area contributed by atoms with Crippen molar-refractivity contribution >= 4 is 11.5 Å². The van der Waals surface area contributed by atoms with Crippen LogP contribution in [0.15, 0.2) is 4.52 Å². The smallest absolute Gasteiger partial charge is 0.271 e. The maximum Gasteiger partial charge on any atom is 0.271 e. The first kappa shape index (κ1) is 12.7. The van der Waals surface area contributed by atoms with Gasteiger partial charge in [0.15, 0.2) is 5.82 Å². The summed E-state index contributed by atoms with van der Waals surface area (Å²) in [5.41, 5.74) is 0.829. The first-order valence-corrected chi connectivity index (χ1v) is 7.23. The molecule has 1 saturated heterocycles. The Balaban J connectivity index is 1.93. The van der Waals surface area contributed by atoms with Crippen molar-refractivity contribution in [1.29, 1.82) is 0 Å². The van der Waals surface area contributed by atoms with Gasteiger partial charge in [-0.2, -0.15) is 4.98 Å². The van der Waals surface area contributed by atoms with Crippen molar-refractivity contribution in [3.8, 4) is 10.8 Å². The highest BCUT2D eigenvalue weighted by molar-refractivity contribution is 7.09. The van der Waals surface area contributed by atoms with Gasteiger partial charge in [0.1, 0.15) is 4.88 Å². The molecule has 19 heavy (non-hydrogen) atoms. The van der Waals surface area contributed by atoms with Crippen molar-refractivity contribution in [2.24, 2.45) is 0 Å². The summed E-state index contributed by atoms with van der Waals surface area (Å²) in [5, 5.41) is 11.6. The Kier molecular flexibility index (Phi) is 3.10. The zero-order valence-electron chi connectivity index (χ0n) is 11.3. The van der Waals surface area contributed by atoms with Gasteiger partial charge in [-0.05, 0) is 30.9 Å². The quantitative estimate of drug-likeness (QED) is 0.909. The molecule has 3 rings (SSSR count). The fraction of sp³-hybridized carbons (Fsp3) is 0.667. The lowest BCUT2D eigenvalue weighted by Gasteiger charge is -2.14. The Morgan fingerprint density at radius 3 is 2.89 bits per heavy atom. The van der Waals surface area contributed by atoms with Gasteiger partial charge in [-0.25, -0.2) is 0 Å². The lowest BCUT2D eigenvalue weighted by molar-refractivity contribution is 0.411. The van der Waals surface area contributed by atoms with Gasteiger partial charge >= 0.3 is 0 Å². The van der Waals surface area contributed by atoms with Crippen molar-refractivity contribution < 1.29 is 4.52 Å². The predicted octanol–water partition coefficient (Wildman–Crippen LogP) is 2.31. The molecule has 0 radical (unpaired) electrons. The van der Waals surface area contributed by atoms with Crippen LogP contribution in [0.2, 0.25) is 0 Å². The average Bonchev–Trinajstić information content (AvgIpc) is 3.09. The highest BCUT2D eigenvalue weighted by atomic mass is 32.1. The molecule has 1 aliphatic rings. The van der Waals surface area contributed by atoms with E-state index in [1.165, 1.54) is 11.5 Å². The molecule has 0 aliphatic carbocycles. The zero-order valence-corrected chi connectivity index (χ0v) is 12.1. The summed E-state index contributed by atoms with van der Waals surface area (Å²) in [5.74, 6) is 1.27. The maximum absolute atomic E-state index is 5.39. The van der Waals surface area contributed by atoms with Crippen molar-refractivity contribution in [2.75, 3.05) is 6.54 Å². The molecule has 0 amide bonds. The molecule has 1 aliphatic heterocycles. The second-order valence-electron chi connectivity index (χ2n) is 5.81. The fourth-order valence-corrected chi connectivity index (χ4v) is 2.99. The van der Waals surface area contributed by atoms with E-state index < -0.39 is 0 Å². The first-order valence-electron chi connectivity index (χ1n) is 6.46. The summed E-state index contributed by atoms with van der Waals surface area (Å²) in [4.78, 5) is 5.38. The van der Waals surface area contributed by atoms with Crippen molar-refractivity contribution in [3.05, 3.63) is 11.5 Å². The lowest BCUT2D eigenvalue weighted by atomic mass is 9.91. The summed E-state index contributed by atoms with van der Waals surface area (Å²) in [6.07, 6.45) is 2.22. The fourth-order valence-electron chi connectivity index (χ4n) is 2.20. The van der Waals surface area contributed by atoms with E-state index in [9.17, 15) is 0 Å². The SMILES string of the molecule is CC(C)(C)c1nnsc1-c1nc(C2CCCN2)no1. The van der Waals surface area contributed by atoms with Crippen LogP contribution in [0, 0.1) is 0 Å². The number of rotatable bonds is 2. The Labute approximate surface area is 115 Å². The number of nitrogens with one attached hydrogen (secondary N) is 1. The van der Waals surface area contributed by atoms with Crippen LogP contribution in [-0.2, 0) is 5.41 Å². The summed E-state index contributed by atoms with van der Waals surface area (Å²) in [6.45, 7) is 7.32. The van der Waals surface area contributed by atoms with Gasteiger partial charge in [0.2, 0.25) is 0 Å². The van der Waals surface area contributed by atoms with Crippen LogP contribution >= 0.6 is 11.5 Å². The van der Waals surface area contributed by atoms with Crippen LogP contribution in [0.25, 0.3) is 10.8 Å². The molecule has 0 saturated carbocycles. The van der Waals surface area contributed by atoms with Crippen LogP contribution < -0.4 is 5.32 Å². The molecule has 1 unspecified atom stereocenters. The molecule has 1 N–H and O–H groups in total. The average molecular weight is 279 g/mol. The lowest BCUT2D eigenvalue weighted by Crippen LogP contribution is -2.14. The molecule has 1 fully saturated rings. The number of nitrogens with zero attached hydrogens (tertiary/aromatic N) is 4. The van der Waals surface area contributed by atoms with Crippen molar-refractivity contribution in [1.82, 2.24) is 25.0 Å². The molecule has 0 aromatic carbocycles. The monoisotopic (exact) mass is 279 g/mol. The van der Waals surface area contributed by atoms with E-state index in [-0.39, 0.29) is 11.5 Å². The van der Waals surface area contributed by atoms with Gasteiger partial charge in [-0.15, -0.1) is 5.10 Å². The van der Waals surface area contributed by atoms with Gasteiger partial charge < -0.3 is 9.84 Å². The highest BCUT2D eigenvalue weighted by Gasteiger charge is 2.28. The number of hydrogen-bond acceptors (Lipinski definition) is 7. The molecular weight excluding hydrogens is 262 g/mol. The summed E-state index contributed by atoms with van der Waals surface area (Å²) in [7, 11) is 0. The summed E-state index contributed by atoms with van der Waals surface area (Å²) < 4.78 is 9.41. The Morgan fingerprint density at radius 2 is 2.21 bits per heavy atom. The van der Waals surface area contributed by atoms with E-state index in [4.69, 9.17) is 4.52 Å². The topological polar surface area (TPSA) is 76.7 Å². The normalized spacial score (nSPS) is 20.1. The minimum Gasteiger partial charge on any atom is -0.333 e. The van der Waals surface area contributed by atoms with Crippen LogP contribution in [0.4, 0.5) is 0 Å². The van der Waals surface area contributed by atoms with Crippen LogP contribution in [0.3, 0.4) is 0 Å². The van der Waals surface area contributed by atoms with Crippen LogP contribution in [0.1, 0.15) is 51.2 Å². The molecule has 0 spiro atoms. The van der Waals surface area contributed by atoms with E-state index in [1.54, 1.807) is 0 Å². The third-order valence-electron chi connectivity index (χ3n) is 3.21. The van der Waals surface area contributed by atoms with Gasteiger partial charge in [0, 0.05) is 5.41 Å². The minimum atomic E-state index is -0.0808. The third-order valence-corrected chi connectivity index (χ3v) is 3.92. The third kappa shape index (κ3) is 2.40. The Bertz CT molecular complexity index is 565. The van der Waals surface area contributed by atoms with Crippen molar-refractivity contribution in [2.45, 2.75) is 45.1 Å². The van der Waals surface area contributed by atoms with Crippen molar-refractivity contribution in [3.63, 3.8) is 0 Å². The molecule has 2 aromatic heterocycles. The van der Waals surface area contributed by atoms with Crippen LogP contribution in [0.5, 0.6) is 0 Å². The minimum absolute atomic E-state index is 0.0808. The molecule has 2 aromatic rings. The molecule has 3 heterocycles. The summed E-state index contributed by atoms with van der Waals surface area (Å²) in [6, 6.07) is 0.219. The zero-order chi connectivity index (χ0) is 13.5. The molecular formula is C12H17N5OS. The maximum atomic E-state index is 5.39. The van der Waals surface area contributed by atoms with Gasteiger partial charge in [0.05, 0.1) is 11.7 Å². The molecule has 6 nitrogen and oxygen atoms in total. The van der Waals surface area contributed by atoms with Gasteiger partial charge in [0.25, 0.3) is 5.89 Å². The standard InChI is InChI=1S/C12H17N5OS/c1-12(2,3)9-8(19-17-15-9)11-14-10(16-18-11)7-5-4-6-13-7/h7,13H,4-6H2,1-3H3. The molecule has 1 atom stereocenters. The van der Waals surface area contributed by atoms with E-state index in [2.05, 4.69) is 45.8 Å². The molecule has 0 bridgehead atoms. The predicted molar refractivity (Wildman–Crippen MR) is 71.9 cm³/mol. The van der Waals surface area contributed by atoms with Crippen LogP contribution in [-0.4, -0.2) is 26.3 Å². The largest absolute Gasteiger partial charge is 0.333 e. The molecule has 7 heteroatoms. The Hall–Kier alpha value is -1.34. The van der Waals surface area contributed by atoms with Gasteiger partial charge in [-0.3, -0.25) is 0 Å². The second-order valence-corrected chi connectivity index (χ2v) is 6.56. The van der Waals surface area contributed by atoms with E-state index in [0.29, 0.717) is 5.89 Å². The highest BCUT2D eigenvalue weighted by Crippen LogP contribution is 2.33. The number of hydrogen-bond donors (Lipinski definition) is 1. The van der Waals surface area contributed by atoms with E-state index in [1.807, 2.05) is 0 Å². The van der Waals surface area contributed by atoms with E-state index >= 15 is 0 Å². The van der Waals surface area contributed by atoms with E-state index in [0.717, 1.165) is 35.8 Å². The Morgan fingerprint density at radius 1 is 1.37 bits per heavy atom. The first-order chi connectivity index (χ1) is 9.05. The number of aromatic nitrogens is 4.